The Morgan fingerprint density at radius 1 is 1.14 bits per heavy atom. The van der Waals surface area contributed by atoms with Crippen molar-refractivity contribution >= 4 is 27.5 Å². The number of ether oxygens (including phenoxy) is 2. The van der Waals surface area contributed by atoms with E-state index in [-0.39, 0.29) is 44.9 Å². The molecule has 3 fully saturated rings. The standard InChI is InChI=1S/C32H30F3N5O3/c1-2-22-25(34)4-3-19-13-21(41)14-23(26(19)22)28-27(35)29-24(15-36-28)30(40-9-11-42-12-10-40)38-31(37-29)43-18-32(6-7-32)17-39-8-5-20(33)16-39/h1,3-4,13-15,20,41H,5-12,16-18H2/t20-/m1/s1. The maximum Gasteiger partial charge on any atom is 0.319 e. The molecule has 2 aliphatic heterocycles. The molecule has 1 N–H and O–H groups in total. The van der Waals surface area contributed by atoms with Crippen LogP contribution in [0.5, 0.6) is 11.8 Å². The normalized spacial score (nSPS) is 20.0. The van der Waals surface area contributed by atoms with Gasteiger partial charge < -0.3 is 19.5 Å². The molecule has 7 rings (SSSR count). The minimum atomic E-state index is -0.792. The number of fused-ring (bicyclic) bond motifs is 2. The molecule has 11 heteroatoms. The molecule has 2 aromatic heterocycles. The monoisotopic (exact) mass is 589 g/mol. The second-order valence-electron chi connectivity index (χ2n) is 11.7. The number of halogens is 3. The Bertz CT molecular complexity index is 1770. The van der Waals surface area contributed by atoms with Gasteiger partial charge in [-0.2, -0.15) is 9.97 Å². The molecule has 8 nitrogen and oxygen atoms in total. The first-order valence-electron chi connectivity index (χ1n) is 14.4. The molecule has 1 aliphatic carbocycles. The third kappa shape index (κ3) is 5.19. The van der Waals surface area contributed by atoms with Crippen LogP contribution >= 0.6 is 0 Å². The predicted octanol–water partition coefficient (Wildman–Crippen LogP) is 4.85. The van der Waals surface area contributed by atoms with Gasteiger partial charge in [0.2, 0.25) is 0 Å². The Labute approximate surface area is 246 Å². The van der Waals surface area contributed by atoms with E-state index in [0.29, 0.717) is 62.5 Å². The van der Waals surface area contributed by atoms with E-state index in [9.17, 15) is 13.9 Å². The number of alkyl halides is 1. The fourth-order valence-corrected chi connectivity index (χ4v) is 6.19. The molecule has 1 saturated carbocycles. The molecule has 0 amide bonds. The largest absolute Gasteiger partial charge is 0.508 e. The van der Waals surface area contributed by atoms with E-state index >= 15 is 4.39 Å². The van der Waals surface area contributed by atoms with E-state index < -0.39 is 17.8 Å². The molecule has 1 atom stereocenters. The second kappa shape index (κ2) is 10.8. The number of morpholine rings is 1. The summed E-state index contributed by atoms with van der Waals surface area (Å²) < 4.78 is 56.7. The first kappa shape index (κ1) is 27.7. The van der Waals surface area contributed by atoms with Gasteiger partial charge in [-0.3, -0.25) is 9.88 Å². The first-order valence-corrected chi connectivity index (χ1v) is 14.4. The van der Waals surface area contributed by atoms with Crippen LogP contribution in [0.1, 0.15) is 24.8 Å². The first-order chi connectivity index (χ1) is 20.8. The number of anilines is 1. The fraction of sp³-hybridized carbons (Fsp3) is 0.406. The SMILES string of the molecule is C#Cc1c(F)ccc2cc(O)cc(-c3ncc4c(N5CCOCC5)nc(OCC5(CN6CC[C@@H](F)C6)CC5)nc4c3F)c12. The lowest BCUT2D eigenvalue weighted by Gasteiger charge is -2.29. The summed E-state index contributed by atoms with van der Waals surface area (Å²) in [4.78, 5) is 17.7. The van der Waals surface area contributed by atoms with E-state index in [2.05, 4.69) is 25.8 Å². The fourth-order valence-electron chi connectivity index (χ4n) is 6.19. The van der Waals surface area contributed by atoms with Crippen LogP contribution in [0.4, 0.5) is 19.0 Å². The Kier molecular flexibility index (Phi) is 6.98. The molecule has 0 spiro atoms. The zero-order chi connectivity index (χ0) is 29.7. The van der Waals surface area contributed by atoms with Gasteiger partial charge in [-0.05, 0) is 42.8 Å². The van der Waals surface area contributed by atoms with E-state index in [4.69, 9.17) is 15.9 Å². The zero-order valence-corrected chi connectivity index (χ0v) is 23.5. The Morgan fingerprint density at radius 2 is 1.95 bits per heavy atom. The van der Waals surface area contributed by atoms with Gasteiger partial charge in [0.1, 0.15) is 34.8 Å². The molecular weight excluding hydrogens is 559 g/mol. The number of likely N-dealkylation sites (tertiary alicyclic amines) is 1. The van der Waals surface area contributed by atoms with Crippen molar-refractivity contribution in [3.63, 3.8) is 0 Å². The highest BCUT2D eigenvalue weighted by Gasteiger charge is 2.46. The predicted molar refractivity (Wildman–Crippen MR) is 156 cm³/mol. The lowest BCUT2D eigenvalue weighted by molar-refractivity contribution is 0.122. The van der Waals surface area contributed by atoms with Crippen LogP contribution in [-0.4, -0.2) is 83.7 Å². The number of nitrogens with zero attached hydrogens (tertiary/aromatic N) is 5. The smallest absolute Gasteiger partial charge is 0.319 e. The summed E-state index contributed by atoms with van der Waals surface area (Å²) in [6.07, 6.45) is 8.78. The number of hydrogen-bond donors (Lipinski definition) is 1. The summed E-state index contributed by atoms with van der Waals surface area (Å²) in [5.41, 5.74) is -0.177. The quantitative estimate of drug-likeness (QED) is 0.307. The van der Waals surface area contributed by atoms with Crippen LogP contribution in [0.15, 0.2) is 30.5 Å². The van der Waals surface area contributed by atoms with E-state index in [1.165, 1.54) is 30.5 Å². The Hall–Kier alpha value is -4.14. The topological polar surface area (TPSA) is 83.8 Å². The summed E-state index contributed by atoms with van der Waals surface area (Å²) in [5, 5.41) is 11.5. The minimum Gasteiger partial charge on any atom is -0.508 e. The molecule has 4 aromatic rings. The summed E-state index contributed by atoms with van der Waals surface area (Å²) in [6.45, 7) is 4.28. The summed E-state index contributed by atoms with van der Waals surface area (Å²) in [7, 11) is 0. The van der Waals surface area contributed by atoms with Crippen molar-refractivity contribution in [3.05, 3.63) is 47.7 Å². The number of aromatic nitrogens is 3. The highest BCUT2D eigenvalue weighted by atomic mass is 19.1. The number of terminal acetylenes is 1. The maximum absolute atomic E-state index is 16.6. The highest BCUT2D eigenvalue weighted by molar-refractivity contribution is 6.03. The highest BCUT2D eigenvalue weighted by Crippen LogP contribution is 2.47. The van der Waals surface area contributed by atoms with Crippen molar-refractivity contribution in [3.8, 4) is 35.4 Å². The van der Waals surface area contributed by atoms with Crippen LogP contribution in [0.3, 0.4) is 0 Å². The van der Waals surface area contributed by atoms with Crippen LogP contribution in [-0.2, 0) is 4.74 Å². The minimum absolute atomic E-state index is 0.0173. The molecule has 2 aromatic carbocycles. The molecule has 0 radical (unpaired) electrons. The molecular formula is C32H30F3N5O3. The van der Waals surface area contributed by atoms with Crippen LogP contribution in [0.2, 0.25) is 0 Å². The molecule has 2 saturated heterocycles. The zero-order valence-electron chi connectivity index (χ0n) is 23.5. The van der Waals surface area contributed by atoms with Crippen molar-refractivity contribution in [1.29, 1.82) is 0 Å². The van der Waals surface area contributed by atoms with Gasteiger partial charge >= 0.3 is 6.01 Å². The van der Waals surface area contributed by atoms with Crippen LogP contribution in [0.25, 0.3) is 32.9 Å². The third-order valence-electron chi connectivity index (χ3n) is 8.64. The van der Waals surface area contributed by atoms with E-state index in [0.717, 1.165) is 25.9 Å². The van der Waals surface area contributed by atoms with Gasteiger partial charge in [0, 0.05) is 55.3 Å². The number of phenolic OH excluding ortho intramolecular Hbond substituents is 1. The van der Waals surface area contributed by atoms with Gasteiger partial charge in [0.05, 0.1) is 30.8 Å². The van der Waals surface area contributed by atoms with Crippen molar-refractivity contribution in [1.82, 2.24) is 19.9 Å². The summed E-state index contributed by atoms with van der Waals surface area (Å²) >= 11 is 0. The summed E-state index contributed by atoms with van der Waals surface area (Å²) in [5.74, 6) is 1.27. The number of rotatable bonds is 7. The van der Waals surface area contributed by atoms with Gasteiger partial charge in [0.25, 0.3) is 0 Å². The Balaban J connectivity index is 1.31. The van der Waals surface area contributed by atoms with Crippen molar-refractivity contribution in [2.45, 2.75) is 25.4 Å². The lowest BCUT2D eigenvalue weighted by atomic mass is 9.96. The summed E-state index contributed by atoms with van der Waals surface area (Å²) in [6, 6.07) is 5.47. The number of hydrogen-bond acceptors (Lipinski definition) is 8. The van der Waals surface area contributed by atoms with E-state index in [1.807, 2.05) is 4.90 Å². The molecule has 4 heterocycles. The Morgan fingerprint density at radius 3 is 2.67 bits per heavy atom. The van der Waals surface area contributed by atoms with Crippen LogP contribution < -0.4 is 9.64 Å². The van der Waals surface area contributed by atoms with Crippen LogP contribution in [0, 0.1) is 29.4 Å². The van der Waals surface area contributed by atoms with Crippen molar-refractivity contribution in [2.75, 3.05) is 57.4 Å². The average Bonchev–Trinajstić information content (AvgIpc) is 3.66. The third-order valence-corrected chi connectivity index (χ3v) is 8.64. The van der Waals surface area contributed by atoms with Crippen molar-refractivity contribution in [2.24, 2.45) is 5.41 Å². The number of phenols is 1. The van der Waals surface area contributed by atoms with Gasteiger partial charge in [-0.25, -0.2) is 13.2 Å². The number of pyridine rings is 1. The van der Waals surface area contributed by atoms with Crippen molar-refractivity contribution < 1.29 is 27.8 Å². The molecule has 0 bridgehead atoms. The van der Waals surface area contributed by atoms with Gasteiger partial charge in [-0.1, -0.05) is 12.0 Å². The van der Waals surface area contributed by atoms with Gasteiger partial charge in [-0.15, -0.1) is 6.42 Å². The van der Waals surface area contributed by atoms with Gasteiger partial charge in [0.15, 0.2) is 5.82 Å². The average molecular weight is 590 g/mol. The molecule has 3 aliphatic rings. The second-order valence-corrected chi connectivity index (χ2v) is 11.7. The molecule has 222 valence electrons. The molecule has 43 heavy (non-hydrogen) atoms. The number of benzene rings is 2. The number of aromatic hydroxyl groups is 1. The lowest BCUT2D eigenvalue weighted by Crippen LogP contribution is -2.37. The van der Waals surface area contributed by atoms with E-state index in [1.54, 1.807) is 0 Å². The molecule has 0 unspecified atom stereocenters. The maximum atomic E-state index is 16.6.